The zero-order chi connectivity index (χ0) is 19.3. The van der Waals surface area contributed by atoms with Crippen LogP contribution < -0.4 is 15.4 Å². The maximum absolute atomic E-state index is 5.19. The quantitative estimate of drug-likeness (QED) is 0.214. The Morgan fingerprint density at radius 3 is 2.32 bits per heavy atom. The van der Waals surface area contributed by atoms with Gasteiger partial charge in [-0.1, -0.05) is 12.1 Å². The van der Waals surface area contributed by atoms with Gasteiger partial charge < -0.3 is 19.9 Å². The Bertz CT molecular complexity index is 684. The second-order valence-electron chi connectivity index (χ2n) is 6.61. The Morgan fingerprint density at radius 1 is 1.07 bits per heavy atom. The Hall–Kier alpha value is -1.77. The molecule has 1 heterocycles. The fraction of sp³-hybridized carbons (Fsp3) is 0.524. The molecular weight excluding hydrogens is 465 g/mol. The molecular formula is C21H34IN5O. The minimum Gasteiger partial charge on any atom is -0.497 e. The lowest BCUT2D eigenvalue weighted by Crippen LogP contribution is -2.38. The molecule has 0 bridgehead atoms. The normalized spacial score (nSPS) is 11.0. The van der Waals surface area contributed by atoms with Gasteiger partial charge in [0.05, 0.1) is 7.11 Å². The Morgan fingerprint density at radius 2 is 1.75 bits per heavy atom. The summed E-state index contributed by atoms with van der Waals surface area (Å²) >= 11 is 0. The van der Waals surface area contributed by atoms with Gasteiger partial charge in [0.25, 0.3) is 0 Å². The molecule has 0 radical (unpaired) electrons. The first kappa shape index (κ1) is 24.3. The first-order valence-corrected chi connectivity index (χ1v) is 9.78. The van der Waals surface area contributed by atoms with Crippen LogP contribution in [0.3, 0.4) is 0 Å². The van der Waals surface area contributed by atoms with Crippen molar-refractivity contribution in [3.05, 3.63) is 48.0 Å². The summed E-state index contributed by atoms with van der Waals surface area (Å²) < 4.78 is 7.38. The molecule has 2 aromatic rings. The van der Waals surface area contributed by atoms with E-state index in [-0.39, 0.29) is 24.0 Å². The third kappa shape index (κ3) is 8.95. The Balaban J connectivity index is 0.00000392. The third-order valence-electron chi connectivity index (χ3n) is 4.61. The molecule has 0 atom stereocenters. The first-order chi connectivity index (χ1) is 13.2. The Labute approximate surface area is 186 Å². The number of benzene rings is 1. The van der Waals surface area contributed by atoms with E-state index < -0.39 is 0 Å². The van der Waals surface area contributed by atoms with Crippen molar-refractivity contribution < 1.29 is 4.74 Å². The lowest BCUT2D eigenvalue weighted by molar-refractivity contribution is 0.414. The van der Waals surface area contributed by atoms with Crippen LogP contribution in [0.25, 0.3) is 0 Å². The van der Waals surface area contributed by atoms with Gasteiger partial charge in [-0.2, -0.15) is 0 Å². The smallest absolute Gasteiger partial charge is 0.190 e. The zero-order valence-electron chi connectivity index (χ0n) is 17.3. The van der Waals surface area contributed by atoms with E-state index in [0.717, 1.165) is 69.3 Å². The summed E-state index contributed by atoms with van der Waals surface area (Å²) in [4.78, 5) is 8.54. The highest BCUT2D eigenvalue weighted by atomic mass is 127. The topological polar surface area (TPSA) is 63.5 Å². The van der Waals surface area contributed by atoms with Crippen molar-refractivity contribution in [2.45, 2.75) is 45.6 Å². The van der Waals surface area contributed by atoms with E-state index in [9.17, 15) is 0 Å². The van der Waals surface area contributed by atoms with E-state index >= 15 is 0 Å². The van der Waals surface area contributed by atoms with E-state index in [1.165, 1.54) is 5.56 Å². The predicted octanol–water partition coefficient (Wildman–Crippen LogP) is 3.79. The van der Waals surface area contributed by atoms with Crippen LogP contribution in [0.4, 0.5) is 0 Å². The number of imidazole rings is 1. The summed E-state index contributed by atoms with van der Waals surface area (Å²) in [6.07, 6.45) is 9.49. The van der Waals surface area contributed by atoms with Crippen LogP contribution in [0.1, 0.15) is 37.1 Å². The molecule has 2 N–H and O–H groups in total. The van der Waals surface area contributed by atoms with E-state index in [1.807, 2.05) is 38.5 Å². The molecule has 7 heteroatoms. The van der Waals surface area contributed by atoms with Crippen LogP contribution >= 0.6 is 24.0 Å². The standard InChI is InChI=1S/C21H33N5O.HI/c1-18-23-15-17-26(18)16-7-6-14-25-21(22-2)24-13-5-4-8-19-9-11-20(27-3)12-10-19;/h9-12,15,17H,4-8,13-14,16H2,1-3H3,(H2,22,24,25);1H. The van der Waals surface area contributed by atoms with Gasteiger partial charge in [0.2, 0.25) is 0 Å². The van der Waals surface area contributed by atoms with Crippen molar-refractivity contribution in [2.24, 2.45) is 4.99 Å². The number of halogens is 1. The van der Waals surface area contributed by atoms with Gasteiger partial charge in [-0.3, -0.25) is 4.99 Å². The second kappa shape index (κ2) is 14.3. The van der Waals surface area contributed by atoms with E-state index in [0.29, 0.717) is 0 Å². The number of hydrogen-bond acceptors (Lipinski definition) is 3. The number of nitrogens with one attached hydrogen (secondary N) is 2. The lowest BCUT2D eigenvalue weighted by atomic mass is 10.1. The number of aryl methyl sites for hydroxylation is 3. The third-order valence-corrected chi connectivity index (χ3v) is 4.61. The number of guanidine groups is 1. The summed E-state index contributed by atoms with van der Waals surface area (Å²) in [6, 6.07) is 8.32. The van der Waals surface area contributed by atoms with Gasteiger partial charge in [-0.05, 0) is 56.7 Å². The number of unbranched alkanes of at least 4 members (excludes halogenated alkanes) is 2. The molecule has 156 valence electrons. The number of methoxy groups -OCH3 is 1. The molecule has 0 spiro atoms. The van der Waals surface area contributed by atoms with Gasteiger partial charge in [-0.25, -0.2) is 4.98 Å². The molecule has 1 aromatic carbocycles. The van der Waals surface area contributed by atoms with Crippen LogP contribution in [0.15, 0.2) is 41.7 Å². The van der Waals surface area contributed by atoms with Crippen molar-refractivity contribution in [3.8, 4) is 5.75 Å². The van der Waals surface area contributed by atoms with Crippen LogP contribution in [0.2, 0.25) is 0 Å². The van der Waals surface area contributed by atoms with E-state index in [2.05, 4.69) is 37.3 Å². The molecule has 0 aliphatic rings. The van der Waals surface area contributed by atoms with Crippen LogP contribution in [-0.4, -0.2) is 42.8 Å². The predicted molar refractivity (Wildman–Crippen MR) is 127 cm³/mol. The zero-order valence-corrected chi connectivity index (χ0v) is 19.6. The van der Waals surface area contributed by atoms with Gasteiger partial charge >= 0.3 is 0 Å². The number of aromatic nitrogens is 2. The molecule has 0 aliphatic carbocycles. The fourth-order valence-corrected chi connectivity index (χ4v) is 2.93. The number of ether oxygens (including phenoxy) is 1. The van der Waals surface area contributed by atoms with Gasteiger partial charge in [-0.15, -0.1) is 24.0 Å². The monoisotopic (exact) mass is 499 g/mol. The van der Waals surface area contributed by atoms with Gasteiger partial charge in [0.15, 0.2) is 5.96 Å². The van der Waals surface area contributed by atoms with Crippen LogP contribution in [0, 0.1) is 6.92 Å². The highest BCUT2D eigenvalue weighted by molar-refractivity contribution is 14.0. The summed E-state index contributed by atoms with van der Waals surface area (Å²) in [5.41, 5.74) is 1.35. The van der Waals surface area contributed by atoms with E-state index in [1.54, 1.807) is 7.11 Å². The van der Waals surface area contributed by atoms with Gasteiger partial charge in [0.1, 0.15) is 11.6 Å². The minimum absolute atomic E-state index is 0. The molecule has 6 nitrogen and oxygen atoms in total. The average Bonchev–Trinajstić information content (AvgIpc) is 3.11. The largest absolute Gasteiger partial charge is 0.497 e. The highest BCUT2D eigenvalue weighted by Gasteiger charge is 1.99. The van der Waals surface area contributed by atoms with Crippen molar-refractivity contribution >= 4 is 29.9 Å². The minimum atomic E-state index is 0. The highest BCUT2D eigenvalue weighted by Crippen LogP contribution is 2.12. The molecule has 0 aliphatic heterocycles. The summed E-state index contributed by atoms with van der Waals surface area (Å²) in [6.45, 7) is 4.92. The van der Waals surface area contributed by atoms with Crippen molar-refractivity contribution in [1.29, 1.82) is 0 Å². The summed E-state index contributed by atoms with van der Waals surface area (Å²) in [5, 5.41) is 6.78. The van der Waals surface area contributed by atoms with Crippen molar-refractivity contribution in [2.75, 3.05) is 27.2 Å². The first-order valence-electron chi connectivity index (χ1n) is 9.78. The van der Waals surface area contributed by atoms with Crippen molar-refractivity contribution in [1.82, 2.24) is 20.2 Å². The average molecular weight is 499 g/mol. The van der Waals surface area contributed by atoms with E-state index in [4.69, 9.17) is 4.74 Å². The van der Waals surface area contributed by atoms with Crippen LogP contribution in [-0.2, 0) is 13.0 Å². The van der Waals surface area contributed by atoms with Gasteiger partial charge in [0, 0.05) is 39.1 Å². The SMILES string of the molecule is CN=C(NCCCCc1ccc(OC)cc1)NCCCCn1ccnc1C.I. The molecule has 1 aromatic heterocycles. The number of hydrogen-bond donors (Lipinski definition) is 2. The maximum Gasteiger partial charge on any atom is 0.190 e. The summed E-state index contributed by atoms with van der Waals surface area (Å²) in [5.74, 6) is 2.88. The van der Waals surface area contributed by atoms with Crippen LogP contribution in [0.5, 0.6) is 5.75 Å². The molecule has 0 unspecified atom stereocenters. The number of aliphatic imine (C=N–C) groups is 1. The Kier molecular flexibility index (Phi) is 12.4. The fourth-order valence-electron chi connectivity index (χ4n) is 2.93. The molecule has 0 saturated heterocycles. The maximum atomic E-state index is 5.19. The lowest BCUT2D eigenvalue weighted by Gasteiger charge is -2.12. The molecule has 2 rings (SSSR count). The second-order valence-corrected chi connectivity index (χ2v) is 6.61. The molecule has 0 amide bonds. The molecule has 28 heavy (non-hydrogen) atoms. The van der Waals surface area contributed by atoms with Crippen molar-refractivity contribution in [3.63, 3.8) is 0 Å². The number of nitrogens with zero attached hydrogens (tertiary/aromatic N) is 3. The summed E-state index contributed by atoms with van der Waals surface area (Å²) in [7, 11) is 3.52. The molecule has 0 fully saturated rings. The number of rotatable bonds is 11. The molecule has 0 saturated carbocycles.